The molecule has 1 aromatic rings. The van der Waals surface area contributed by atoms with Crippen LogP contribution in [0.2, 0.25) is 0 Å². The zero-order valence-electron chi connectivity index (χ0n) is 8.23. The van der Waals surface area contributed by atoms with E-state index in [1.165, 1.54) is 0 Å². The van der Waals surface area contributed by atoms with Gasteiger partial charge in [0.1, 0.15) is 5.82 Å². The molecule has 0 fully saturated rings. The van der Waals surface area contributed by atoms with Gasteiger partial charge in [-0.1, -0.05) is 0 Å². The van der Waals surface area contributed by atoms with E-state index in [9.17, 15) is 30.7 Å². The molecule has 0 aliphatic carbocycles. The van der Waals surface area contributed by atoms with Gasteiger partial charge < -0.3 is 9.84 Å². The van der Waals surface area contributed by atoms with Gasteiger partial charge in [0.15, 0.2) is 5.69 Å². The van der Waals surface area contributed by atoms with Crippen LogP contribution in [0.4, 0.5) is 30.7 Å². The van der Waals surface area contributed by atoms with Crippen LogP contribution >= 0.6 is 0 Å². The topological polar surface area (TPSA) is 42.4 Å². The number of halogens is 7. The fraction of sp³-hybridized carbons (Fsp3) is 0.375. The third kappa shape index (κ3) is 3.45. The number of ether oxygens (including phenoxy) is 1. The third-order valence-corrected chi connectivity index (χ3v) is 1.69. The highest BCUT2D eigenvalue weighted by Gasteiger charge is 2.39. The van der Waals surface area contributed by atoms with Crippen molar-refractivity contribution in [1.82, 2.24) is 4.98 Å². The molecule has 0 unspecified atom stereocenters. The lowest BCUT2D eigenvalue weighted by Crippen LogP contribution is -2.21. The van der Waals surface area contributed by atoms with E-state index in [4.69, 9.17) is 5.11 Å². The maximum absolute atomic E-state index is 13.1. The molecular weight excluding hydrogens is 275 g/mol. The lowest BCUT2D eigenvalue weighted by Gasteiger charge is -2.14. The summed E-state index contributed by atoms with van der Waals surface area (Å²) in [7, 11) is 0. The van der Waals surface area contributed by atoms with Crippen LogP contribution in [0.25, 0.3) is 0 Å². The van der Waals surface area contributed by atoms with Gasteiger partial charge in [-0.2, -0.15) is 13.2 Å². The summed E-state index contributed by atoms with van der Waals surface area (Å²) in [6.45, 7) is -1.36. The first kappa shape index (κ1) is 14.5. The maximum Gasteiger partial charge on any atom is 0.574 e. The van der Waals surface area contributed by atoms with Gasteiger partial charge in [0, 0.05) is 11.6 Å². The molecule has 0 radical (unpaired) electrons. The fourth-order valence-corrected chi connectivity index (χ4v) is 1.07. The first-order chi connectivity index (χ1) is 8.04. The van der Waals surface area contributed by atoms with Gasteiger partial charge in [0.2, 0.25) is 5.88 Å². The van der Waals surface area contributed by atoms with Crippen LogP contribution in [-0.2, 0) is 12.8 Å². The lowest BCUT2D eigenvalue weighted by molar-refractivity contribution is -0.276. The number of aliphatic hydroxyl groups is 1. The number of hydrogen-bond acceptors (Lipinski definition) is 3. The molecule has 0 bridgehead atoms. The van der Waals surface area contributed by atoms with E-state index >= 15 is 0 Å². The van der Waals surface area contributed by atoms with Crippen LogP contribution in [0.5, 0.6) is 5.88 Å². The molecule has 0 spiro atoms. The first-order valence-corrected chi connectivity index (χ1v) is 4.18. The van der Waals surface area contributed by atoms with Gasteiger partial charge >= 0.3 is 12.5 Å². The maximum atomic E-state index is 13.1. The molecule has 0 amide bonds. The average molecular weight is 279 g/mol. The van der Waals surface area contributed by atoms with Gasteiger partial charge in [-0.25, -0.2) is 9.37 Å². The molecule has 1 aromatic heterocycles. The van der Waals surface area contributed by atoms with Crippen LogP contribution < -0.4 is 4.74 Å². The van der Waals surface area contributed by atoms with E-state index < -0.39 is 42.1 Å². The summed E-state index contributed by atoms with van der Waals surface area (Å²) in [4.78, 5) is 2.49. The SMILES string of the molecule is OCc1c(F)cc(OC(F)(F)F)nc1C(F)(F)F. The smallest absolute Gasteiger partial charge is 0.391 e. The number of alkyl halides is 6. The molecule has 0 aliphatic heterocycles. The Kier molecular flexibility index (Phi) is 3.70. The minimum atomic E-state index is -5.30. The van der Waals surface area contributed by atoms with E-state index in [0.29, 0.717) is 0 Å². The van der Waals surface area contributed by atoms with E-state index in [1.54, 1.807) is 0 Å². The average Bonchev–Trinajstić information content (AvgIpc) is 2.12. The van der Waals surface area contributed by atoms with Gasteiger partial charge in [0.25, 0.3) is 0 Å². The summed E-state index contributed by atoms with van der Waals surface area (Å²) in [5.41, 5.74) is -3.22. The Hall–Kier alpha value is -1.58. The highest BCUT2D eigenvalue weighted by Crippen LogP contribution is 2.34. The number of aromatic nitrogens is 1. The monoisotopic (exact) mass is 279 g/mol. The van der Waals surface area contributed by atoms with Crippen LogP contribution in [0, 0.1) is 5.82 Å². The highest BCUT2D eigenvalue weighted by atomic mass is 19.4. The first-order valence-electron chi connectivity index (χ1n) is 4.18. The number of rotatable bonds is 2. The van der Waals surface area contributed by atoms with E-state index in [1.807, 2.05) is 0 Å². The van der Waals surface area contributed by atoms with Crippen LogP contribution in [-0.4, -0.2) is 16.5 Å². The highest BCUT2D eigenvalue weighted by molar-refractivity contribution is 5.29. The molecular formula is C8H4F7NO2. The molecule has 0 saturated carbocycles. The molecule has 0 saturated heterocycles. The Labute approximate surface area is 94.8 Å². The van der Waals surface area contributed by atoms with Crippen molar-refractivity contribution >= 4 is 0 Å². The molecule has 1 N–H and O–H groups in total. The van der Waals surface area contributed by atoms with Crippen molar-refractivity contribution < 1.29 is 40.6 Å². The molecule has 3 nitrogen and oxygen atoms in total. The molecule has 1 rings (SSSR count). The largest absolute Gasteiger partial charge is 0.574 e. The van der Waals surface area contributed by atoms with Crippen molar-refractivity contribution in [2.75, 3.05) is 0 Å². The normalized spacial score (nSPS) is 12.7. The van der Waals surface area contributed by atoms with E-state index in [2.05, 4.69) is 9.72 Å². The van der Waals surface area contributed by atoms with Gasteiger partial charge in [0.05, 0.1) is 6.61 Å². The molecule has 10 heteroatoms. The second-order valence-electron chi connectivity index (χ2n) is 2.97. The van der Waals surface area contributed by atoms with E-state index in [0.717, 1.165) is 0 Å². The minimum Gasteiger partial charge on any atom is -0.391 e. The summed E-state index contributed by atoms with van der Waals surface area (Å²) >= 11 is 0. The molecule has 1 heterocycles. The standard InChI is InChI=1S/C8H4F7NO2/c9-4-1-5(18-8(13,14)15)16-6(3(4)2-17)7(10,11)12/h1,17H,2H2. The van der Waals surface area contributed by atoms with Crippen molar-refractivity contribution in [3.63, 3.8) is 0 Å². The summed E-state index contributed by atoms with van der Waals surface area (Å²) in [6.07, 6.45) is -10.5. The molecule has 0 atom stereocenters. The van der Waals surface area contributed by atoms with Crippen LogP contribution in [0.15, 0.2) is 6.07 Å². The predicted molar refractivity (Wildman–Crippen MR) is 41.8 cm³/mol. The van der Waals surface area contributed by atoms with Crippen molar-refractivity contribution in [3.8, 4) is 5.88 Å². The molecule has 18 heavy (non-hydrogen) atoms. The summed E-state index contributed by atoms with van der Waals surface area (Å²) in [5, 5.41) is 8.54. The molecule has 0 aliphatic rings. The lowest BCUT2D eigenvalue weighted by atomic mass is 10.2. The van der Waals surface area contributed by atoms with Crippen molar-refractivity contribution in [3.05, 3.63) is 23.1 Å². The molecule has 0 aromatic carbocycles. The number of aliphatic hydroxyl groups excluding tert-OH is 1. The Balaban J connectivity index is 3.31. The minimum absolute atomic E-state index is 0.00822. The number of nitrogens with zero attached hydrogens (tertiary/aromatic N) is 1. The predicted octanol–water partition coefficient (Wildman–Crippen LogP) is 2.63. The Bertz CT molecular complexity index is 440. The Morgan fingerprint density at radius 1 is 1.17 bits per heavy atom. The van der Waals surface area contributed by atoms with Crippen molar-refractivity contribution in [1.29, 1.82) is 0 Å². The Morgan fingerprint density at radius 2 is 1.72 bits per heavy atom. The van der Waals surface area contributed by atoms with Crippen molar-refractivity contribution in [2.24, 2.45) is 0 Å². The zero-order chi connectivity index (χ0) is 14.1. The van der Waals surface area contributed by atoms with Crippen LogP contribution in [0.1, 0.15) is 11.3 Å². The van der Waals surface area contributed by atoms with Gasteiger partial charge in [-0.05, 0) is 0 Å². The zero-order valence-corrected chi connectivity index (χ0v) is 8.23. The van der Waals surface area contributed by atoms with Gasteiger partial charge in [-0.15, -0.1) is 13.2 Å². The fourth-order valence-electron chi connectivity index (χ4n) is 1.07. The Morgan fingerprint density at radius 3 is 2.11 bits per heavy atom. The molecule has 102 valence electrons. The summed E-state index contributed by atoms with van der Waals surface area (Å²) in [5.74, 6) is -3.29. The van der Waals surface area contributed by atoms with Gasteiger partial charge in [-0.3, -0.25) is 0 Å². The number of pyridine rings is 1. The van der Waals surface area contributed by atoms with Crippen LogP contribution in [0.3, 0.4) is 0 Å². The number of hydrogen-bond donors (Lipinski definition) is 1. The van der Waals surface area contributed by atoms with E-state index in [-0.39, 0.29) is 6.07 Å². The summed E-state index contributed by atoms with van der Waals surface area (Å²) in [6, 6.07) is 0.00822. The second-order valence-corrected chi connectivity index (χ2v) is 2.97. The third-order valence-electron chi connectivity index (χ3n) is 1.69. The second kappa shape index (κ2) is 4.59. The quantitative estimate of drug-likeness (QED) is 0.846. The summed E-state index contributed by atoms with van der Waals surface area (Å²) < 4.78 is 88.5. The van der Waals surface area contributed by atoms with Crippen molar-refractivity contribution in [2.45, 2.75) is 19.1 Å².